The molecule has 5 nitrogen and oxygen atoms in total. The van der Waals surface area contributed by atoms with Crippen LogP contribution in [0.15, 0.2) is 54.6 Å². The molecule has 2 aliphatic rings. The molecule has 0 aliphatic carbocycles. The van der Waals surface area contributed by atoms with Gasteiger partial charge in [-0.3, -0.25) is 4.79 Å². The Balaban J connectivity index is 1.72. The van der Waals surface area contributed by atoms with Crippen LogP contribution in [0.1, 0.15) is 18.5 Å². The molecule has 122 valence electrons. The fourth-order valence-corrected chi connectivity index (χ4v) is 3.76. The van der Waals surface area contributed by atoms with E-state index >= 15 is 0 Å². The van der Waals surface area contributed by atoms with E-state index in [4.69, 9.17) is 17.0 Å². The molecule has 24 heavy (non-hydrogen) atoms. The third kappa shape index (κ3) is 2.39. The SMILES string of the molecule is C[C@@]12NC(=S)N[C@@H](c3ccccc3O1)[C@@H]2C(=O)Nc1ccccc1. The number of thiocarbonyl (C=S) groups is 1. The number of benzene rings is 2. The molecular weight excluding hydrogens is 322 g/mol. The topological polar surface area (TPSA) is 62.4 Å². The van der Waals surface area contributed by atoms with E-state index in [0.717, 1.165) is 17.0 Å². The Kier molecular flexibility index (Phi) is 3.42. The zero-order valence-corrected chi connectivity index (χ0v) is 13.9. The third-order valence-electron chi connectivity index (χ3n) is 4.47. The molecule has 0 saturated carbocycles. The van der Waals surface area contributed by atoms with Gasteiger partial charge in [0.05, 0.1) is 6.04 Å². The van der Waals surface area contributed by atoms with Gasteiger partial charge in [-0.05, 0) is 37.3 Å². The summed E-state index contributed by atoms with van der Waals surface area (Å²) in [7, 11) is 0. The molecule has 4 rings (SSSR count). The number of ether oxygens (including phenoxy) is 1. The summed E-state index contributed by atoms with van der Waals surface area (Å²) in [5, 5.41) is 9.80. The average molecular weight is 339 g/mol. The molecule has 2 bridgehead atoms. The minimum Gasteiger partial charge on any atom is -0.467 e. The number of hydrogen-bond donors (Lipinski definition) is 3. The minimum absolute atomic E-state index is 0.120. The summed E-state index contributed by atoms with van der Waals surface area (Å²) in [6, 6.07) is 16.9. The van der Waals surface area contributed by atoms with Crippen LogP contribution in [0, 0.1) is 5.92 Å². The first-order chi connectivity index (χ1) is 11.6. The molecule has 2 aromatic carbocycles. The first kappa shape index (κ1) is 15.0. The van der Waals surface area contributed by atoms with E-state index in [1.807, 2.05) is 61.5 Å². The third-order valence-corrected chi connectivity index (χ3v) is 4.69. The maximum absolute atomic E-state index is 13.0. The highest BCUT2D eigenvalue weighted by Gasteiger charge is 2.54. The highest BCUT2D eigenvalue weighted by Crippen LogP contribution is 2.44. The molecule has 0 spiro atoms. The van der Waals surface area contributed by atoms with Crippen LogP contribution in [-0.4, -0.2) is 16.7 Å². The van der Waals surface area contributed by atoms with Crippen LogP contribution < -0.4 is 20.7 Å². The monoisotopic (exact) mass is 339 g/mol. The van der Waals surface area contributed by atoms with Crippen molar-refractivity contribution < 1.29 is 9.53 Å². The molecule has 3 N–H and O–H groups in total. The fourth-order valence-electron chi connectivity index (χ4n) is 3.43. The fraction of sp³-hybridized carbons (Fsp3) is 0.222. The van der Waals surface area contributed by atoms with Gasteiger partial charge in [0.25, 0.3) is 0 Å². The van der Waals surface area contributed by atoms with E-state index in [9.17, 15) is 4.79 Å². The number of rotatable bonds is 2. The molecule has 2 aromatic rings. The lowest BCUT2D eigenvalue weighted by Gasteiger charge is -2.50. The van der Waals surface area contributed by atoms with E-state index in [2.05, 4.69) is 16.0 Å². The summed E-state index contributed by atoms with van der Waals surface area (Å²) >= 11 is 5.30. The van der Waals surface area contributed by atoms with Crippen LogP contribution in [0.2, 0.25) is 0 Å². The van der Waals surface area contributed by atoms with Crippen molar-refractivity contribution in [1.82, 2.24) is 10.6 Å². The van der Waals surface area contributed by atoms with E-state index < -0.39 is 11.6 Å². The van der Waals surface area contributed by atoms with Gasteiger partial charge in [0.1, 0.15) is 11.7 Å². The lowest BCUT2D eigenvalue weighted by molar-refractivity contribution is -0.132. The Morgan fingerprint density at radius 2 is 1.88 bits per heavy atom. The zero-order chi connectivity index (χ0) is 16.7. The molecule has 6 heteroatoms. The van der Waals surface area contributed by atoms with Crippen LogP contribution >= 0.6 is 12.2 Å². The predicted octanol–water partition coefficient (Wildman–Crippen LogP) is 2.57. The second-order valence-electron chi connectivity index (χ2n) is 6.16. The van der Waals surface area contributed by atoms with Crippen LogP contribution in [0.5, 0.6) is 5.75 Å². The largest absolute Gasteiger partial charge is 0.467 e. The highest BCUT2D eigenvalue weighted by molar-refractivity contribution is 7.80. The standard InChI is InChI=1S/C18H17N3O2S/c1-18-14(16(22)19-11-7-3-2-4-8-11)15(20-17(24)21-18)12-9-5-6-10-13(12)23-18/h2-10,14-15H,1H3,(H,19,22)(H2,20,21,24)/t14-,15+,18-/m1/s1. The van der Waals surface area contributed by atoms with Crippen molar-refractivity contribution in [3.63, 3.8) is 0 Å². The Bertz CT molecular complexity index is 811. The van der Waals surface area contributed by atoms with Crippen molar-refractivity contribution in [3.05, 3.63) is 60.2 Å². The van der Waals surface area contributed by atoms with Gasteiger partial charge in [-0.1, -0.05) is 36.4 Å². The van der Waals surface area contributed by atoms with Crippen LogP contribution in [0.3, 0.4) is 0 Å². The van der Waals surface area contributed by atoms with Crippen molar-refractivity contribution in [2.45, 2.75) is 18.7 Å². The molecule has 3 atom stereocenters. The zero-order valence-electron chi connectivity index (χ0n) is 13.1. The maximum Gasteiger partial charge on any atom is 0.236 e. The van der Waals surface area contributed by atoms with Crippen LogP contribution in [-0.2, 0) is 4.79 Å². The van der Waals surface area contributed by atoms with Gasteiger partial charge in [0, 0.05) is 11.3 Å². The molecule has 2 aliphatic heterocycles. The minimum atomic E-state index is -0.903. The summed E-state index contributed by atoms with van der Waals surface area (Å²) in [6.45, 7) is 1.86. The number of hydrogen-bond acceptors (Lipinski definition) is 3. The maximum atomic E-state index is 13.0. The first-order valence-electron chi connectivity index (χ1n) is 7.79. The summed E-state index contributed by atoms with van der Waals surface area (Å²) in [5.74, 6) is 0.168. The lowest BCUT2D eigenvalue weighted by Crippen LogP contribution is -2.70. The van der Waals surface area contributed by atoms with E-state index in [1.54, 1.807) is 0 Å². The van der Waals surface area contributed by atoms with Crippen molar-refractivity contribution in [2.75, 3.05) is 5.32 Å². The van der Waals surface area contributed by atoms with Gasteiger partial charge in [-0.15, -0.1) is 0 Å². The summed E-state index contributed by atoms with van der Waals surface area (Å²) < 4.78 is 6.13. The Morgan fingerprint density at radius 3 is 2.67 bits per heavy atom. The molecule has 1 fully saturated rings. The summed E-state index contributed by atoms with van der Waals surface area (Å²) in [4.78, 5) is 13.0. The van der Waals surface area contributed by atoms with E-state index in [-0.39, 0.29) is 11.9 Å². The van der Waals surface area contributed by atoms with Crippen LogP contribution in [0.25, 0.3) is 0 Å². The first-order valence-corrected chi connectivity index (χ1v) is 8.20. The predicted molar refractivity (Wildman–Crippen MR) is 95.6 cm³/mol. The molecule has 0 radical (unpaired) electrons. The van der Waals surface area contributed by atoms with Gasteiger partial charge in [0.15, 0.2) is 10.8 Å². The number of amides is 1. The van der Waals surface area contributed by atoms with Gasteiger partial charge in [0.2, 0.25) is 5.91 Å². The molecule has 1 amide bonds. The molecule has 2 heterocycles. The number of carbonyl (C=O) groups excluding carboxylic acids is 1. The molecule has 1 saturated heterocycles. The van der Waals surface area contributed by atoms with Crippen molar-refractivity contribution in [1.29, 1.82) is 0 Å². The number of anilines is 1. The Labute approximate surface area is 145 Å². The van der Waals surface area contributed by atoms with Gasteiger partial charge in [-0.2, -0.15) is 0 Å². The normalized spacial score (nSPS) is 27.1. The quantitative estimate of drug-likeness (QED) is 0.734. The average Bonchev–Trinajstić information content (AvgIpc) is 2.54. The Morgan fingerprint density at radius 1 is 1.17 bits per heavy atom. The number of fused-ring (bicyclic) bond motifs is 4. The second kappa shape index (κ2) is 5.49. The Hall–Kier alpha value is -2.60. The highest BCUT2D eigenvalue weighted by atomic mass is 32.1. The van der Waals surface area contributed by atoms with Crippen molar-refractivity contribution in [3.8, 4) is 5.75 Å². The molecule has 0 unspecified atom stereocenters. The van der Waals surface area contributed by atoms with Gasteiger partial charge < -0.3 is 20.7 Å². The lowest BCUT2D eigenvalue weighted by atomic mass is 9.80. The molecule has 0 aromatic heterocycles. The number of carbonyl (C=O) groups is 1. The summed E-state index contributed by atoms with van der Waals surface area (Å²) in [5.41, 5.74) is 0.790. The van der Waals surface area contributed by atoms with Crippen molar-refractivity contribution in [2.24, 2.45) is 5.92 Å². The number of para-hydroxylation sites is 2. The van der Waals surface area contributed by atoms with Gasteiger partial charge >= 0.3 is 0 Å². The number of nitrogens with one attached hydrogen (secondary N) is 3. The van der Waals surface area contributed by atoms with E-state index in [0.29, 0.717) is 5.11 Å². The summed E-state index contributed by atoms with van der Waals surface area (Å²) in [6.07, 6.45) is 0. The van der Waals surface area contributed by atoms with Crippen molar-refractivity contribution >= 4 is 28.9 Å². The smallest absolute Gasteiger partial charge is 0.236 e. The van der Waals surface area contributed by atoms with Gasteiger partial charge in [-0.25, -0.2) is 0 Å². The molecular formula is C18H17N3O2S. The van der Waals surface area contributed by atoms with E-state index in [1.165, 1.54) is 0 Å². The van der Waals surface area contributed by atoms with Crippen LogP contribution in [0.4, 0.5) is 5.69 Å². The second-order valence-corrected chi connectivity index (χ2v) is 6.56.